The van der Waals surface area contributed by atoms with Crippen LogP contribution in [0.5, 0.6) is 23.0 Å². The second-order valence-electron chi connectivity index (χ2n) is 12.3. The first-order chi connectivity index (χ1) is 23.9. The zero-order valence-corrected chi connectivity index (χ0v) is 32.1. The van der Waals surface area contributed by atoms with Crippen LogP contribution in [0.4, 0.5) is 0 Å². The highest BCUT2D eigenvalue weighted by Crippen LogP contribution is 2.41. The van der Waals surface area contributed by atoms with Crippen LogP contribution in [0.3, 0.4) is 0 Å². The molecule has 1 aliphatic carbocycles. The predicted octanol–water partition coefficient (Wildman–Crippen LogP) is 8.68. The van der Waals surface area contributed by atoms with Gasteiger partial charge in [-0.1, -0.05) is 13.8 Å². The van der Waals surface area contributed by atoms with E-state index in [1.54, 1.807) is 0 Å². The molecule has 0 amide bonds. The summed E-state index contributed by atoms with van der Waals surface area (Å²) < 4.78 is 34.4. The summed E-state index contributed by atoms with van der Waals surface area (Å²) in [6.45, 7) is 6.76. The lowest BCUT2D eigenvalue weighted by Gasteiger charge is -2.24. The van der Waals surface area contributed by atoms with Crippen LogP contribution in [0.25, 0.3) is 0 Å². The predicted molar refractivity (Wildman–Crippen MR) is 205 cm³/mol. The number of ether oxygens (including phenoxy) is 5. The second kappa shape index (κ2) is 16.5. The van der Waals surface area contributed by atoms with Gasteiger partial charge in [0.05, 0.1) is 49.7 Å². The van der Waals surface area contributed by atoms with Gasteiger partial charge in [0.25, 0.3) is 0 Å². The lowest BCUT2D eigenvalue weighted by atomic mass is 9.90. The molecule has 3 aliphatic rings. The first-order valence-electron chi connectivity index (χ1n) is 16.7. The molecule has 4 aromatic carbocycles. The lowest BCUT2D eigenvalue weighted by Crippen LogP contribution is -2.16. The van der Waals surface area contributed by atoms with E-state index >= 15 is 0 Å². The molecule has 0 atom stereocenters. The Hall–Kier alpha value is -3.52. The number of nitriles is 2. The van der Waals surface area contributed by atoms with E-state index in [0.717, 1.165) is 87.5 Å². The summed E-state index contributed by atoms with van der Waals surface area (Å²) in [5.74, 6) is 3.16. The average Bonchev–Trinajstić information content (AvgIpc) is 3.07. The summed E-state index contributed by atoms with van der Waals surface area (Å²) in [5.41, 5.74) is 8.88. The third-order valence-corrected chi connectivity index (χ3v) is 9.78. The van der Waals surface area contributed by atoms with Gasteiger partial charge in [-0.2, -0.15) is 10.5 Å². The van der Waals surface area contributed by atoms with Gasteiger partial charge in [-0.25, -0.2) is 0 Å². The van der Waals surface area contributed by atoms with Crippen molar-refractivity contribution in [1.82, 2.24) is 0 Å². The molecule has 4 aromatic rings. The van der Waals surface area contributed by atoms with Crippen molar-refractivity contribution in [3.63, 3.8) is 0 Å². The maximum Gasteiger partial charge on any atom is 0.126 e. The monoisotopic (exact) mass is 880 g/mol. The zero-order chi connectivity index (χ0) is 34.3. The molecule has 0 N–H and O–H groups in total. The van der Waals surface area contributed by atoms with Gasteiger partial charge in [0.15, 0.2) is 0 Å². The Morgan fingerprint density at radius 3 is 1.20 bits per heavy atom. The van der Waals surface area contributed by atoms with Crippen molar-refractivity contribution < 1.29 is 23.7 Å². The average molecular weight is 881 g/mol. The van der Waals surface area contributed by atoms with Crippen molar-refractivity contribution in [3.8, 4) is 35.1 Å². The molecule has 0 aromatic heterocycles. The van der Waals surface area contributed by atoms with Gasteiger partial charge in [-0.15, -0.1) is 0 Å². The second-order valence-corrected chi connectivity index (χ2v) is 14.8. The molecular weight excluding hydrogens is 842 g/mol. The van der Waals surface area contributed by atoms with E-state index in [2.05, 4.69) is 95.4 Å². The van der Waals surface area contributed by atoms with E-state index in [-0.39, 0.29) is 0 Å². The fourth-order valence-electron chi connectivity index (χ4n) is 6.59. The molecule has 9 heteroatoms. The summed E-state index contributed by atoms with van der Waals surface area (Å²) in [5, 5.41) is 20.5. The number of nitrogens with zero attached hydrogens (tertiary/aromatic N) is 2. The Bertz CT molecular complexity index is 1710. The SMILES string of the molecule is CCCOc1c2cc(I)cc1Cc1cc(C#N)cc3c1OCCOCCOc1c(cc(C#N)cc1Cc1cc(I)cc(c1OCCC)C3)C2. The van der Waals surface area contributed by atoms with Crippen LogP contribution < -0.4 is 18.9 Å². The molecule has 0 saturated heterocycles. The van der Waals surface area contributed by atoms with Gasteiger partial charge < -0.3 is 23.7 Å². The van der Waals surface area contributed by atoms with Crippen LogP contribution in [0, 0.1) is 29.8 Å². The molecule has 0 unspecified atom stereocenters. The maximum atomic E-state index is 10.2. The van der Waals surface area contributed by atoms with E-state index in [0.29, 0.717) is 76.5 Å². The highest BCUT2D eigenvalue weighted by Gasteiger charge is 2.24. The number of fused-ring (bicyclic) bond motifs is 6. The third-order valence-electron chi connectivity index (χ3n) is 8.53. The minimum Gasteiger partial charge on any atom is -0.493 e. The molecule has 0 spiro atoms. The summed E-state index contributed by atoms with van der Waals surface area (Å²) in [6.07, 6.45) is 3.73. The van der Waals surface area contributed by atoms with E-state index in [4.69, 9.17) is 23.7 Å². The summed E-state index contributed by atoms with van der Waals surface area (Å²) in [6, 6.07) is 21.2. The van der Waals surface area contributed by atoms with E-state index in [1.807, 2.05) is 24.3 Å². The van der Waals surface area contributed by atoms with Crippen molar-refractivity contribution in [2.24, 2.45) is 0 Å². The van der Waals surface area contributed by atoms with Gasteiger partial charge >= 0.3 is 0 Å². The number of benzene rings is 4. The third kappa shape index (κ3) is 8.28. The Morgan fingerprint density at radius 2 is 0.898 bits per heavy atom. The van der Waals surface area contributed by atoms with E-state index in [1.165, 1.54) is 0 Å². The van der Waals surface area contributed by atoms with Crippen molar-refractivity contribution in [3.05, 3.63) is 111 Å². The molecule has 0 radical (unpaired) electrons. The molecule has 7 rings (SSSR count). The highest BCUT2D eigenvalue weighted by atomic mass is 127. The van der Waals surface area contributed by atoms with Crippen LogP contribution >= 0.6 is 45.2 Å². The van der Waals surface area contributed by atoms with Crippen LogP contribution in [0.2, 0.25) is 0 Å². The molecule has 0 saturated carbocycles. The first kappa shape index (κ1) is 35.3. The summed E-state index contributed by atoms with van der Waals surface area (Å²) >= 11 is 4.73. The summed E-state index contributed by atoms with van der Waals surface area (Å²) in [4.78, 5) is 0. The molecule has 49 heavy (non-hydrogen) atoms. The lowest BCUT2D eigenvalue weighted by molar-refractivity contribution is 0.0756. The van der Waals surface area contributed by atoms with E-state index in [9.17, 15) is 10.5 Å². The Morgan fingerprint density at radius 1 is 0.551 bits per heavy atom. The van der Waals surface area contributed by atoms with Crippen molar-refractivity contribution in [2.45, 2.75) is 52.4 Å². The standard InChI is InChI=1S/C40H38I2N2O5/c1-3-5-46-39-31-15-27-11-25(23-43)13-29-17-33-21-36(42)22-34(40(33)47-6-4-2)18-30-14-26(24-44)12-28(16-32(39)20-35(41)19-31)38(30)49-10-8-45-7-9-48-37(27)29/h11-14,19-22H,3-10,15-18H2,1-2H3. The van der Waals surface area contributed by atoms with Gasteiger partial charge in [0.2, 0.25) is 0 Å². The number of halogens is 2. The quantitative estimate of drug-likeness (QED) is 0.125. The van der Waals surface area contributed by atoms with Crippen LogP contribution in [-0.2, 0) is 30.4 Å². The Labute approximate surface area is 315 Å². The Kier molecular flexibility index (Phi) is 11.9. The van der Waals surface area contributed by atoms with Gasteiger partial charge in [-0.05, 0) is 129 Å². The highest BCUT2D eigenvalue weighted by molar-refractivity contribution is 14.1. The normalized spacial score (nSPS) is 14.0. The van der Waals surface area contributed by atoms with Crippen molar-refractivity contribution >= 4 is 45.2 Å². The largest absolute Gasteiger partial charge is 0.493 e. The first-order valence-corrected chi connectivity index (χ1v) is 18.9. The number of hydrogen-bond donors (Lipinski definition) is 0. The van der Waals surface area contributed by atoms with Crippen molar-refractivity contribution in [1.29, 1.82) is 10.5 Å². The Balaban J connectivity index is 1.71. The number of hydrogen-bond acceptors (Lipinski definition) is 7. The molecule has 2 aliphatic heterocycles. The fraction of sp³-hybridized carbons (Fsp3) is 0.350. The molecule has 2 heterocycles. The minimum absolute atomic E-state index is 0.340. The number of rotatable bonds is 6. The maximum absolute atomic E-state index is 10.2. The van der Waals surface area contributed by atoms with Crippen LogP contribution in [0.15, 0.2) is 48.5 Å². The van der Waals surface area contributed by atoms with E-state index < -0.39 is 0 Å². The fourth-order valence-corrected chi connectivity index (χ4v) is 8.09. The van der Waals surface area contributed by atoms with Crippen LogP contribution in [-0.4, -0.2) is 39.6 Å². The zero-order valence-electron chi connectivity index (χ0n) is 27.8. The minimum atomic E-state index is 0.340. The molecule has 7 nitrogen and oxygen atoms in total. The molecule has 0 fully saturated rings. The smallest absolute Gasteiger partial charge is 0.126 e. The van der Waals surface area contributed by atoms with Crippen molar-refractivity contribution in [2.75, 3.05) is 39.6 Å². The van der Waals surface area contributed by atoms with Gasteiger partial charge in [0.1, 0.15) is 36.2 Å². The van der Waals surface area contributed by atoms with Gasteiger partial charge in [-0.3, -0.25) is 0 Å². The topological polar surface area (TPSA) is 93.7 Å². The summed E-state index contributed by atoms with van der Waals surface area (Å²) in [7, 11) is 0. The van der Waals surface area contributed by atoms with Crippen LogP contribution in [0.1, 0.15) is 82.3 Å². The van der Waals surface area contributed by atoms with Gasteiger partial charge in [0, 0.05) is 55.1 Å². The molecule has 252 valence electrons. The molecule has 10 bridgehead atoms. The molecular formula is C40H38I2N2O5.